The number of aryl methyl sites for hydroxylation is 1. The fourth-order valence-electron chi connectivity index (χ4n) is 4.56. The van der Waals surface area contributed by atoms with Crippen molar-refractivity contribution in [3.05, 3.63) is 65.7 Å². The molecule has 29 heavy (non-hydrogen) atoms. The Morgan fingerprint density at radius 3 is 2.66 bits per heavy atom. The highest BCUT2D eigenvalue weighted by molar-refractivity contribution is 5.89. The van der Waals surface area contributed by atoms with Gasteiger partial charge >= 0.3 is 6.03 Å². The number of amides is 3. The predicted octanol–water partition coefficient (Wildman–Crippen LogP) is 4.29. The van der Waals surface area contributed by atoms with E-state index in [0.717, 1.165) is 30.5 Å². The van der Waals surface area contributed by atoms with E-state index in [2.05, 4.69) is 30.4 Å². The van der Waals surface area contributed by atoms with E-state index in [1.807, 2.05) is 46.2 Å². The minimum Gasteiger partial charge on any atom is -0.333 e. The van der Waals surface area contributed by atoms with Crippen LogP contribution in [0.2, 0.25) is 0 Å². The van der Waals surface area contributed by atoms with Gasteiger partial charge in [0.15, 0.2) is 0 Å². The summed E-state index contributed by atoms with van der Waals surface area (Å²) in [5.74, 6) is 0.553. The van der Waals surface area contributed by atoms with Crippen molar-refractivity contribution in [2.24, 2.45) is 5.92 Å². The summed E-state index contributed by atoms with van der Waals surface area (Å²) in [7, 11) is 0. The maximum atomic E-state index is 12.9. The second kappa shape index (κ2) is 8.68. The zero-order valence-corrected chi connectivity index (χ0v) is 17.0. The van der Waals surface area contributed by atoms with Crippen LogP contribution in [-0.4, -0.2) is 40.9 Å². The van der Waals surface area contributed by atoms with Crippen molar-refractivity contribution in [2.75, 3.05) is 18.4 Å². The highest BCUT2D eigenvalue weighted by Crippen LogP contribution is 2.32. The molecule has 1 N–H and O–H groups in total. The Kier molecular flexibility index (Phi) is 5.84. The first kappa shape index (κ1) is 19.5. The van der Waals surface area contributed by atoms with E-state index < -0.39 is 0 Å². The third-order valence-corrected chi connectivity index (χ3v) is 6.16. The summed E-state index contributed by atoms with van der Waals surface area (Å²) in [5, 5.41) is 3.04. The topological polar surface area (TPSA) is 52.7 Å². The molecule has 3 amide bonds. The molecule has 0 unspecified atom stereocenters. The molecule has 2 heterocycles. The van der Waals surface area contributed by atoms with Crippen molar-refractivity contribution in [3.8, 4) is 0 Å². The Morgan fingerprint density at radius 2 is 1.86 bits per heavy atom. The Bertz CT molecular complexity index is 867. The van der Waals surface area contributed by atoms with Gasteiger partial charge in [-0.05, 0) is 48.4 Å². The smallest absolute Gasteiger partial charge is 0.321 e. The summed E-state index contributed by atoms with van der Waals surface area (Å²) in [6.45, 7) is 4.04. The molecule has 2 atom stereocenters. The van der Waals surface area contributed by atoms with Crippen LogP contribution in [0, 0.1) is 5.92 Å². The van der Waals surface area contributed by atoms with Crippen LogP contribution in [0.4, 0.5) is 10.5 Å². The number of nitrogens with one attached hydrogen (secondary N) is 1. The van der Waals surface area contributed by atoms with Crippen LogP contribution in [0.1, 0.15) is 37.3 Å². The molecular formula is C24H29N3O2. The van der Waals surface area contributed by atoms with Crippen molar-refractivity contribution >= 4 is 17.6 Å². The largest absolute Gasteiger partial charge is 0.333 e. The highest BCUT2D eigenvalue weighted by Gasteiger charge is 2.41. The van der Waals surface area contributed by atoms with Gasteiger partial charge in [0.25, 0.3) is 0 Å². The molecule has 0 bridgehead atoms. The van der Waals surface area contributed by atoms with Crippen molar-refractivity contribution in [2.45, 2.75) is 45.2 Å². The van der Waals surface area contributed by atoms with Crippen LogP contribution in [0.25, 0.3) is 0 Å². The zero-order valence-electron chi connectivity index (χ0n) is 17.0. The molecule has 2 aromatic rings. The molecule has 5 heteroatoms. The van der Waals surface area contributed by atoms with Crippen LogP contribution in [0.3, 0.4) is 0 Å². The van der Waals surface area contributed by atoms with E-state index in [1.165, 1.54) is 5.56 Å². The van der Waals surface area contributed by atoms with E-state index in [-0.39, 0.29) is 18.0 Å². The number of carbonyl (C=O) groups excluding carboxylic acids is 2. The van der Waals surface area contributed by atoms with Gasteiger partial charge in [-0.25, -0.2) is 4.79 Å². The Labute approximate surface area is 172 Å². The van der Waals surface area contributed by atoms with Crippen LogP contribution in [-0.2, 0) is 17.8 Å². The lowest BCUT2D eigenvalue weighted by Gasteiger charge is -2.30. The molecule has 2 aromatic carbocycles. The lowest BCUT2D eigenvalue weighted by molar-refractivity contribution is -0.133. The second-order valence-corrected chi connectivity index (χ2v) is 8.12. The van der Waals surface area contributed by atoms with Gasteiger partial charge in [0, 0.05) is 31.7 Å². The summed E-state index contributed by atoms with van der Waals surface area (Å²) in [4.78, 5) is 29.6. The fourth-order valence-corrected chi connectivity index (χ4v) is 4.56. The molecule has 2 fully saturated rings. The minimum absolute atomic E-state index is 0.0709. The van der Waals surface area contributed by atoms with Gasteiger partial charge in [0.1, 0.15) is 0 Å². The summed E-state index contributed by atoms with van der Waals surface area (Å²) in [6, 6.07) is 18.2. The number of anilines is 1. The van der Waals surface area contributed by atoms with Crippen LogP contribution in [0.15, 0.2) is 54.6 Å². The standard InChI is InChI=1S/C24H29N3O2/c1-2-18-10-6-12-21(14-18)25-24(29)26-16-20-11-7-13-23(28)27(22(20)17-26)15-19-8-4-3-5-9-19/h3-6,8-10,12,14,20,22H,2,7,11,13,15-17H2,1H3,(H,25,29)/t20-,22+/m1/s1. The maximum absolute atomic E-state index is 12.9. The number of fused-ring (bicyclic) bond motifs is 1. The van der Waals surface area contributed by atoms with E-state index in [0.29, 0.717) is 32.0 Å². The highest BCUT2D eigenvalue weighted by atomic mass is 16.2. The van der Waals surface area contributed by atoms with Crippen molar-refractivity contribution in [3.63, 3.8) is 0 Å². The van der Waals surface area contributed by atoms with E-state index >= 15 is 0 Å². The van der Waals surface area contributed by atoms with Gasteiger partial charge in [-0.15, -0.1) is 0 Å². The molecule has 0 radical (unpaired) electrons. The number of nitrogens with zero attached hydrogens (tertiary/aromatic N) is 2. The third kappa shape index (κ3) is 4.44. The average molecular weight is 392 g/mol. The first-order valence-electron chi connectivity index (χ1n) is 10.6. The molecule has 2 saturated heterocycles. The van der Waals surface area contributed by atoms with E-state index in [9.17, 15) is 9.59 Å². The second-order valence-electron chi connectivity index (χ2n) is 8.12. The number of benzene rings is 2. The Morgan fingerprint density at radius 1 is 1.07 bits per heavy atom. The van der Waals surface area contributed by atoms with E-state index in [1.54, 1.807) is 0 Å². The van der Waals surface area contributed by atoms with Crippen LogP contribution in [0.5, 0.6) is 0 Å². The SMILES string of the molecule is CCc1cccc(NC(=O)N2C[C@H]3CCCC(=O)N(Cc4ccccc4)[C@H]3C2)c1. The molecule has 0 aliphatic carbocycles. The number of hydrogen-bond donors (Lipinski definition) is 1. The van der Waals surface area contributed by atoms with Crippen molar-refractivity contribution in [1.29, 1.82) is 0 Å². The fraction of sp³-hybridized carbons (Fsp3) is 0.417. The molecule has 152 valence electrons. The lowest BCUT2D eigenvalue weighted by Crippen LogP contribution is -2.43. The third-order valence-electron chi connectivity index (χ3n) is 6.16. The number of carbonyl (C=O) groups is 2. The first-order chi connectivity index (χ1) is 14.1. The number of hydrogen-bond acceptors (Lipinski definition) is 2. The van der Waals surface area contributed by atoms with Crippen LogP contribution < -0.4 is 5.32 Å². The monoisotopic (exact) mass is 391 g/mol. The molecule has 0 aromatic heterocycles. The van der Waals surface area contributed by atoms with Crippen molar-refractivity contribution in [1.82, 2.24) is 9.80 Å². The van der Waals surface area contributed by atoms with Gasteiger partial charge in [-0.2, -0.15) is 0 Å². The normalized spacial score (nSPS) is 21.6. The van der Waals surface area contributed by atoms with Gasteiger partial charge in [-0.1, -0.05) is 49.4 Å². The Hall–Kier alpha value is -2.82. The van der Waals surface area contributed by atoms with Gasteiger partial charge in [-0.3, -0.25) is 4.79 Å². The van der Waals surface area contributed by atoms with E-state index in [4.69, 9.17) is 0 Å². The van der Waals surface area contributed by atoms with Gasteiger partial charge < -0.3 is 15.1 Å². The summed E-state index contributed by atoms with van der Waals surface area (Å²) in [5.41, 5.74) is 3.17. The molecule has 4 rings (SSSR count). The average Bonchev–Trinajstić information content (AvgIpc) is 3.11. The predicted molar refractivity (Wildman–Crippen MR) is 115 cm³/mol. The lowest BCUT2D eigenvalue weighted by atomic mass is 9.98. The zero-order chi connectivity index (χ0) is 20.2. The summed E-state index contributed by atoms with van der Waals surface area (Å²) < 4.78 is 0. The number of urea groups is 1. The van der Waals surface area contributed by atoms with Gasteiger partial charge in [0.05, 0.1) is 6.04 Å². The molecule has 5 nitrogen and oxygen atoms in total. The number of rotatable bonds is 4. The summed E-state index contributed by atoms with van der Waals surface area (Å²) in [6.07, 6.45) is 3.44. The maximum Gasteiger partial charge on any atom is 0.321 e. The molecular weight excluding hydrogens is 362 g/mol. The number of likely N-dealkylation sites (tertiary alicyclic amines) is 2. The first-order valence-corrected chi connectivity index (χ1v) is 10.6. The minimum atomic E-state index is -0.0709. The molecule has 0 saturated carbocycles. The van der Waals surface area contributed by atoms with Gasteiger partial charge in [0.2, 0.25) is 5.91 Å². The van der Waals surface area contributed by atoms with Crippen molar-refractivity contribution < 1.29 is 9.59 Å². The molecule has 2 aliphatic rings. The molecule has 2 aliphatic heterocycles. The van der Waals surface area contributed by atoms with Crippen LogP contribution >= 0.6 is 0 Å². The summed E-state index contributed by atoms with van der Waals surface area (Å²) >= 11 is 0. The quantitative estimate of drug-likeness (QED) is 0.845. The Balaban J connectivity index is 1.47. The molecule has 0 spiro atoms.